The van der Waals surface area contributed by atoms with Crippen LogP contribution in [-0.4, -0.2) is 44.7 Å². The maximum atomic E-state index is 12.8. The molecule has 6 heteroatoms. The second-order valence-electron chi connectivity index (χ2n) is 6.18. The van der Waals surface area contributed by atoms with Crippen LogP contribution in [0.4, 0.5) is 0 Å². The summed E-state index contributed by atoms with van der Waals surface area (Å²) in [6.07, 6.45) is 6.44. The highest BCUT2D eigenvalue weighted by atomic mass is 32.2. The summed E-state index contributed by atoms with van der Waals surface area (Å²) in [6, 6.07) is 7.76. The highest BCUT2D eigenvalue weighted by molar-refractivity contribution is 7.99. The number of hydrogen-bond donors (Lipinski definition) is 1. The predicted molar refractivity (Wildman–Crippen MR) is 90.7 cm³/mol. The first kappa shape index (κ1) is 16.3. The maximum absolute atomic E-state index is 12.8. The molecule has 1 aliphatic heterocycles. The Labute approximate surface area is 137 Å². The Morgan fingerprint density at radius 3 is 2.50 bits per heavy atom. The van der Waals surface area contributed by atoms with Crippen LogP contribution in [0.1, 0.15) is 25.7 Å². The van der Waals surface area contributed by atoms with E-state index in [9.17, 15) is 8.42 Å². The third kappa shape index (κ3) is 3.67. The highest BCUT2D eigenvalue weighted by Gasteiger charge is 2.31. The van der Waals surface area contributed by atoms with Crippen LogP contribution >= 0.6 is 11.8 Å². The van der Waals surface area contributed by atoms with Gasteiger partial charge in [0, 0.05) is 24.0 Å². The monoisotopic (exact) mass is 340 g/mol. The van der Waals surface area contributed by atoms with Crippen molar-refractivity contribution in [3.63, 3.8) is 0 Å². The Morgan fingerprint density at radius 2 is 1.86 bits per heavy atom. The molecule has 22 heavy (non-hydrogen) atoms. The summed E-state index contributed by atoms with van der Waals surface area (Å²) in [5.41, 5.74) is 0. The van der Waals surface area contributed by atoms with Crippen molar-refractivity contribution >= 4 is 21.8 Å². The molecule has 1 aromatic carbocycles. The van der Waals surface area contributed by atoms with Crippen molar-refractivity contribution in [1.29, 1.82) is 0 Å². The molecular weight excluding hydrogens is 316 g/mol. The molecule has 0 aromatic heterocycles. The van der Waals surface area contributed by atoms with Gasteiger partial charge >= 0.3 is 0 Å². The first-order chi connectivity index (χ1) is 10.6. The molecule has 0 atom stereocenters. The lowest BCUT2D eigenvalue weighted by Crippen LogP contribution is -2.45. The Kier molecular flexibility index (Phi) is 5.12. The van der Waals surface area contributed by atoms with Gasteiger partial charge in [0.2, 0.25) is 10.0 Å². The molecular formula is C16H24N2O2S2. The van der Waals surface area contributed by atoms with Crippen LogP contribution in [0, 0.1) is 5.92 Å². The van der Waals surface area contributed by atoms with Crippen molar-refractivity contribution in [2.24, 2.45) is 5.92 Å². The van der Waals surface area contributed by atoms with Gasteiger partial charge in [0.25, 0.3) is 0 Å². The van der Waals surface area contributed by atoms with E-state index in [2.05, 4.69) is 5.32 Å². The largest absolute Gasteiger partial charge is 0.314 e. The Bertz CT molecular complexity index is 606. The van der Waals surface area contributed by atoms with E-state index in [1.807, 2.05) is 18.4 Å². The molecule has 0 unspecified atom stereocenters. The van der Waals surface area contributed by atoms with Gasteiger partial charge in [-0.05, 0) is 56.5 Å². The SMILES string of the molecule is CSc1ccccc1S(=O)(=O)N1CCC(NCC2CC2)CC1. The number of nitrogens with one attached hydrogen (secondary N) is 1. The van der Waals surface area contributed by atoms with Gasteiger partial charge in [-0.25, -0.2) is 8.42 Å². The molecule has 0 bridgehead atoms. The Hall–Kier alpha value is -0.560. The molecule has 1 aliphatic carbocycles. The summed E-state index contributed by atoms with van der Waals surface area (Å²) in [5, 5.41) is 3.59. The van der Waals surface area contributed by atoms with E-state index < -0.39 is 10.0 Å². The van der Waals surface area contributed by atoms with Gasteiger partial charge in [0.05, 0.1) is 4.90 Å². The summed E-state index contributed by atoms with van der Waals surface area (Å²) in [4.78, 5) is 1.28. The summed E-state index contributed by atoms with van der Waals surface area (Å²) in [7, 11) is -3.36. The average molecular weight is 341 g/mol. The quantitative estimate of drug-likeness (QED) is 0.809. The third-order valence-electron chi connectivity index (χ3n) is 4.53. The van der Waals surface area contributed by atoms with Crippen LogP contribution in [0.15, 0.2) is 34.1 Å². The minimum absolute atomic E-state index is 0.451. The molecule has 0 amide bonds. The normalized spacial score (nSPS) is 21.1. The number of hydrogen-bond acceptors (Lipinski definition) is 4. The smallest absolute Gasteiger partial charge is 0.244 e. The van der Waals surface area contributed by atoms with Crippen LogP contribution in [0.25, 0.3) is 0 Å². The van der Waals surface area contributed by atoms with Crippen LogP contribution < -0.4 is 5.32 Å². The van der Waals surface area contributed by atoms with Crippen molar-refractivity contribution in [1.82, 2.24) is 9.62 Å². The summed E-state index contributed by atoms with van der Waals surface area (Å²) < 4.78 is 27.3. The fraction of sp³-hybridized carbons (Fsp3) is 0.625. The van der Waals surface area contributed by atoms with Gasteiger partial charge in [-0.2, -0.15) is 4.31 Å². The zero-order valence-electron chi connectivity index (χ0n) is 13.0. The minimum Gasteiger partial charge on any atom is -0.314 e. The van der Waals surface area contributed by atoms with E-state index >= 15 is 0 Å². The second-order valence-corrected chi connectivity index (χ2v) is 8.94. The first-order valence-corrected chi connectivity index (χ1v) is 10.6. The molecule has 1 saturated carbocycles. The fourth-order valence-electron chi connectivity index (χ4n) is 2.93. The van der Waals surface area contributed by atoms with E-state index in [1.54, 1.807) is 16.4 Å². The van der Waals surface area contributed by atoms with Crippen LogP contribution in [0.3, 0.4) is 0 Å². The van der Waals surface area contributed by atoms with E-state index in [-0.39, 0.29) is 0 Å². The molecule has 0 radical (unpaired) electrons. The molecule has 3 rings (SSSR count). The Morgan fingerprint density at radius 1 is 1.18 bits per heavy atom. The van der Waals surface area contributed by atoms with Gasteiger partial charge < -0.3 is 5.32 Å². The van der Waals surface area contributed by atoms with E-state index in [1.165, 1.54) is 24.6 Å². The number of thioether (sulfide) groups is 1. The molecule has 1 heterocycles. The summed E-state index contributed by atoms with van der Waals surface area (Å²) in [5.74, 6) is 0.871. The van der Waals surface area contributed by atoms with Crippen molar-refractivity contribution < 1.29 is 8.42 Å². The summed E-state index contributed by atoms with van der Waals surface area (Å²) in [6.45, 7) is 2.34. The van der Waals surface area contributed by atoms with Crippen molar-refractivity contribution in [2.45, 2.75) is 41.5 Å². The van der Waals surface area contributed by atoms with E-state index in [0.717, 1.165) is 30.2 Å². The van der Waals surface area contributed by atoms with Crippen LogP contribution in [0.2, 0.25) is 0 Å². The molecule has 2 aliphatic rings. The lowest BCUT2D eigenvalue weighted by molar-refractivity contribution is 0.287. The summed E-state index contributed by atoms with van der Waals surface area (Å²) >= 11 is 1.49. The Balaban J connectivity index is 1.63. The fourth-order valence-corrected chi connectivity index (χ4v) is 5.52. The highest BCUT2D eigenvalue weighted by Crippen LogP contribution is 2.30. The first-order valence-electron chi connectivity index (χ1n) is 7.98. The zero-order chi connectivity index (χ0) is 15.6. The van der Waals surface area contributed by atoms with Gasteiger partial charge in [0.15, 0.2) is 0 Å². The lowest BCUT2D eigenvalue weighted by atomic mass is 10.1. The topological polar surface area (TPSA) is 49.4 Å². The predicted octanol–water partition coefficient (Wildman–Crippen LogP) is 2.56. The van der Waals surface area contributed by atoms with Crippen molar-refractivity contribution in [2.75, 3.05) is 25.9 Å². The zero-order valence-corrected chi connectivity index (χ0v) is 14.6. The van der Waals surface area contributed by atoms with Gasteiger partial charge in [0.1, 0.15) is 0 Å². The molecule has 4 nitrogen and oxygen atoms in total. The molecule has 1 saturated heterocycles. The number of rotatable bonds is 6. The molecule has 1 N–H and O–H groups in total. The molecule has 0 spiro atoms. The minimum atomic E-state index is -3.36. The standard InChI is InChI=1S/C16H24N2O2S2/c1-21-15-4-2-3-5-16(15)22(19,20)18-10-8-14(9-11-18)17-12-13-6-7-13/h2-5,13-14,17H,6-12H2,1H3. The van der Waals surface area contributed by atoms with Gasteiger partial charge in [-0.1, -0.05) is 12.1 Å². The molecule has 1 aromatic rings. The molecule has 2 fully saturated rings. The van der Waals surface area contributed by atoms with E-state index in [4.69, 9.17) is 0 Å². The van der Waals surface area contributed by atoms with Crippen LogP contribution in [0.5, 0.6) is 0 Å². The number of benzene rings is 1. The lowest BCUT2D eigenvalue weighted by Gasteiger charge is -2.32. The number of piperidine rings is 1. The van der Waals surface area contributed by atoms with Crippen molar-refractivity contribution in [3.8, 4) is 0 Å². The second kappa shape index (κ2) is 6.91. The third-order valence-corrected chi connectivity index (χ3v) is 7.41. The van der Waals surface area contributed by atoms with Gasteiger partial charge in [-0.15, -0.1) is 11.8 Å². The van der Waals surface area contributed by atoms with Crippen LogP contribution in [-0.2, 0) is 10.0 Å². The van der Waals surface area contributed by atoms with Crippen molar-refractivity contribution in [3.05, 3.63) is 24.3 Å². The molecule has 122 valence electrons. The average Bonchev–Trinajstić information content (AvgIpc) is 3.37. The van der Waals surface area contributed by atoms with E-state index in [0.29, 0.717) is 24.0 Å². The number of sulfonamides is 1. The van der Waals surface area contributed by atoms with Gasteiger partial charge in [-0.3, -0.25) is 0 Å². The number of nitrogens with zero attached hydrogens (tertiary/aromatic N) is 1. The maximum Gasteiger partial charge on any atom is 0.244 e.